The van der Waals surface area contributed by atoms with Gasteiger partial charge in [0, 0.05) is 24.5 Å². The number of methoxy groups -OCH3 is 1. The highest BCUT2D eigenvalue weighted by atomic mass is 32.2. The Morgan fingerprint density at radius 3 is 2.26 bits per heavy atom. The van der Waals surface area contributed by atoms with Gasteiger partial charge in [0.1, 0.15) is 5.75 Å². The van der Waals surface area contributed by atoms with Crippen LogP contribution in [0.25, 0.3) is 0 Å². The van der Waals surface area contributed by atoms with Gasteiger partial charge in [0.2, 0.25) is 0 Å². The molecule has 5 nitrogen and oxygen atoms in total. The van der Waals surface area contributed by atoms with Gasteiger partial charge in [-0.1, -0.05) is 13.8 Å². The van der Waals surface area contributed by atoms with Gasteiger partial charge >= 0.3 is 0 Å². The van der Waals surface area contributed by atoms with Gasteiger partial charge in [0.05, 0.1) is 12.0 Å². The van der Waals surface area contributed by atoms with E-state index in [1.54, 1.807) is 25.3 Å². The first-order chi connectivity index (χ1) is 12.9. The lowest BCUT2D eigenvalue weighted by molar-refractivity contribution is 0.407. The average Bonchev–Trinajstić information content (AvgIpc) is 2.68. The van der Waals surface area contributed by atoms with E-state index in [1.807, 2.05) is 38.1 Å². The predicted octanol–water partition coefficient (Wildman–Crippen LogP) is 4.61. The molecule has 0 saturated carbocycles. The van der Waals surface area contributed by atoms with Crippen molar-refractivity contribution in [2.75, 3.05) is 29.8 Å². The molecule has 0 bridgehead atoms. The lowest BCUT2D eigenvalue weighted by Crippen LogP contribution is -2.29. The average molecular weight is 389 g/mol. The molecular weight excluding hydrogens is 360 g/mol. The van der Waals surface area contributed by atoms with Gasteiger partial charge in [-0.3, -0.25) is 4.72 Å². The van der Waals surface area contributed by atoms with Crippen molar-refractivity contribution in [3.05, 3.63) is 48.0 Å². The number of hydrogen-bond acceptors (Lipinski definition) is 4. The lowest BCUT2D eigenvalue weighted by atomic mass is 10.0. The third-order valence-electron chi connectivity index (χ3n) is 4.97. The Hall–Kier alpha value is -2.21. The summed E-state index contributed by atoms with van der Waals surface area (Å²) >= 11 is 0. The number of nitrogens with one attached hydrogen (secondary N) is 1. The molecule has 0 aromatic heterocycles. The molecule has 0 amide bonds. The maximum atomic E-state index is 12.8. The lowest BCUT2D eigenvalue weighted by Gasteiger charge is -2.28. The van der Waals surface area contributed by atoms with E-state index in [2.05, 4.69) is 9.62 Å². The molecule has 1 fully saturated rings. The maximum absolute atomic E-state index is 12.8. The van der Waals surface area contributed by atoms with Crippen molar-refractivity contribution >= 4 is 21.4 Å². The van der Waals surface area contributed by atoms with Crippen LogP contribution in [0, 0.1) is 0 Å². The van der Waals surface area contributed by atoms with E-state index >= 15 is 0 Å². The van der Waals surface area contributed by atoms with Crippen molar-refractivity contribution in [2.24, 2.45) is 0 Å². The summed E-state index contributed by atoms with van der Waals surface area (Å²) in [5.41, 5.74) is 2.59. The predicted molar refractivity (Wildman–Crippen MR) is 110 cm³/mol. The summed E-state index contributed by atoms with van der Waals surface area (Å²) in [6.07, 6.45) is 3.71. The molecule has 146 valence electrons. The van der Waals surface area contributed by atoms with Crippen LogP contribution in [0.3, 0.4) is 0 Å². The van der Waals surface area contributed by atoms with Crippen LogP contribution in [0.15, 0.2) is 47.4 Å². The van der Waals surface area contributed by atoms with E-state index in [-0.39, 0.29) is 10.8 Å². The fourth-order valence-electron chi connectivity index (χ4n) is 3.44. The topological polar surface area (TPSA) is 58.6 Å². The summed E-state index contributed by atoms with van der Waals surface area (Å²) in [5.74, 6) is 0.869. The number of rotatable bonds is 6. The largest absolute Gasteiger partial charge is 0.496 e. The monoisotopic (exact) mass is 388 g/mol. The quantitative estimate of drug-likeness (QED) is 0.785. The molecule has 2 aromatic carbocycles. The van der Waals surface area contributed by atoms with E-state index in [0.717, 1.165) is 24.3 Å². The van der Waals surface area contributed by atoms with Crippen molar-refractivity contribution in [1.82, 2.24) is 0 Å². The van der Waals surface area contributed by atoms with Gasteiger partial charge < -0.3 is 9.64 Å². The highest BCUT2D eigenvalue weighted by Gasteiger charge is 2.18. The molecule has 3 rings (SSSR count). The van der Waals surface area contributed by atoms with Crippen molar-refractivity contribution in [3.8, 4) is 5.75 Å². The minimum Gasteiger partial charge on any atom is -0.496 e. The summed E-state index contributed by atoms with van der Waals surface area (Å²) in [6, 6.07) is 12.6. The third-order valence-corrected chi connectivity index (χ3v) is 6.35. The van der Waals surface area contributed by atoms with E-state index in [4.69, 9.17) is 4.74 Å². The smallest absolute Gasteiger partial charge is 0.261 e. The van der Waals surface area contributed by atoms with Crippen LogP contribution in [0.2, 0.25) is 0 Å². The zero-order valence-corrected chi connectivity index (χ0v) is 17.1. The van der Waals surface area contributed by atoms with Gasteiger partial charge in [0.15, 0.2) is 0 Å². The van der Waals surface area contributed by atoms with Gasteiger partial charge in [-0.2, -0.15) is 0 Å². The molecule has 0 spiro atoms. The van der Waals surface area contributed by atoms with E-state index in [9.17, 15) is 8.42 Å². The SMILES string of the molecule is COc1ccc(S(=O)(=O)Nc2ccc(N3CCCCC3)cc2)cc1C(C)C. The van der Waals surface area contributed by atoms with Gasteiger partial charge in [0.25, 0.3) is 10.0 Å². The molecule has 1 heterocycles. The number of anilines is 2. The summed E-state index contributed by atoms with van der Waals surface area (Å²) in [6.45, 7) is 6.16. The Labute approximate surface area is 162 Å². The molecule has 0 aliphatic carbocycles. The number of hydrogen-bond donors (Lipinski definition) is 1. The van der Waals surface area contributed by atoms with Crippen LogP contribution < -0.4 is 14.4 Å². The molecule has 1 aliphatic heterocycles. The first-order valence-electron chi connectivity index (χ1n) is 9.46. The summed E-state index contributed by atoms with van der Waals surface area (Å²) in [5, 5.41) is 0. The zero-order chi connectivity index (χ0) is 19.4. The number of sulfonamides is 1. The van der Waals surface area contributed by atoms with Crippen molar-refractivity contribution in [1.29, 1.82) is 0 Å². The van der Waals surface area contributed by atoms with Crippen LogP contribution in [-0.2, 0) is 10.0 Å². The molecule has 2 aromatic rings. The van der Waals surface area contributed by atoms with Crippen molar-refractivity contribution < 1.29 is 13.2 Å². The molecule has 1 aliphatic rings. The number of benzene rings is 2. The second kappa shape index (κ2) is 8.21. The van der Waals surface area contributed by atoms with Crippen LogP contribution in [0.1, 0.15) is 44.6 Å². The van der Waals surface area contributed by atoms with E-state index in [1.165, 1.54) is 19.3 Å². The molecular formula is C21H28N2O3S. The molecule has 0 radical (unpaired) electrons. The highest BCUT2D eigenvalue weighted by Crippen LogP contribution is 2.30. The Morgan fingerprint density at radius 1 is 1.00 bits per heavy atom. The highest BCUT2D eigenvalue weighted by molar-refractivity contribution is 7.92. The zero-order valence-electron chi connectivity index (χ0n) is 16.2. The summed E-state index contributed by atoms with van der Waals surface area (Å²) in [4.78, 5) is 2.59. The standard InChI is InChI=1S/C21H28N2O3S/c1-16(2)20-15-19(11-12-21(20)26-3)27(24,25)22-17-7-9-18(10-8-17)23-13-5-4-6-14-23/h7-12,15-16,22H,4-6,13-14H2,1-3H3. The maximum Gasteiger partial charge on any atom is 0.261 e. The third kappa shape index (κ3) is 4.56. The second-order valence-corrected chi connectivity index (χ2v) is 8.94. The number of piperidine rings is 1. The van der Waals surface area contributed by atoms with E-state index < -0.39 is 10.0 Å². The molecule has 0 atom stereocenters. The van der Waals surface area contributed by atoms with E-state index in [0.29, 0.717) is 11.4 Å². The number of ether oxygens (including phenoxy) is 1. The first kappa shape index (κ1) is 19.5. The Balaban J connectivity index is 1.79. The minimum absolute atomic E-state index is 0.166. The fourth-order valence-corrected chi connectivity index (χ4v) is 4.53. The van der Waals surface area contributed by atoms with Crippen molar-refractivity contribution in [2.45, 2.75) is 43.9 Å². The summed E-state index contributed by atoms with van der Waals surface area (Å²) in [7, 11) is -2.06. The first-order valence-corrected chi connectivity index (χ1v) is 10.9. The fraction of sp³-hybridized carbons (Fsp3) is 0.429. The summed E-state index contributed by atoms with van der Waals surface area (Å²) < 4.78 is 33.6. The Bertz CT molecular complexity index is 871. The number of nitrogens with zero attached hydrogens (tertiary/aromatic N) is 1. The molecule has 27 heavy (non-hydrogen) atoms. The van der Waals surface area contributed by atoms with Crippen LogP contribution in [0.5, 0.6) is 5.75 Å². The molecule has 0 unspecified atom stereocenters. The Morgan fingerprint density at radius 2 is 1.67 bits per heavy atom. The minimum atomic E-state index is -3.65. The van der Waals surface area contributed by atoms with Crippen molar-refractivity contribution in [3.63, 3.8) is 0 Å². The molecule has 1 N–H and O–H groups in total. The molecule has 1 saturated heterocycles. The van der Waals surface area contributed by atoms with Crippen LogP contribution >= 0.6 is 0 Å². The van der Waals surface area contributed by atoms with Gasteiger partial charge in [-0.05, 0) is 73.2 Å². The molecule has 6 heteroatoms. The van der Waals surface area contributed by atoms with Crippen LogP contribution in [0.4, 0.5) is 11.4 Å². The van der Waals surface area contributed by atoms with Gasteiger partial charge in [-0.15, -0.1) is 0 Å². The second-order valence-electron chi connectivity index (χ2n) is 7.26. The van der Waals surface area contributed by atoms with Crippen LogP contribution in [-0.4, -0.2) is 28.6 Å². The Kier molecular flexibility index (Phi) is 5.95. The normalized spacial score (nSPS) is 15.0. The van der Waals surface area contributed by atoms with Gasteiger partial charge in [-0.25, -0.2) is 8.42 Å².